The summed E-state index contributed by atoms with van der Waals surface area (Å²) in [6.07, 6.45) is 1.92. The van der Waals surface area contributed by atoms with Crippen LogP contribution in [-0.2, 0) is 4.79 Å². The average Bonchev–Trinajstić information content (AvgIpc) is 3.16. The maximum Gasteiger partial charge on any atom is 0.224 e. The van der Waals surface area contributed by atoms with E-state index >= 15 is 0 Å². The van der Waals surface area contributed by atoms with Gasteiger partial charge in [-0.1, -0.05) is 17.7 Å². The molecule has 3 aromatic rings. The fraction of sp³-hybridized carbons (Fsp3) is 0.417. The normalized spacial score (nSPS) is 16.8. The van der Waals surface area contributed by atoms with Gasteiger partial charge in [0.15, 0.2) is 0 Å². The molecule has 1 atom stereocenters. The number of likely N-dealkylation sites (N-methyl/N-ethyl adjacent to an activating group) is 1. The third-order valence-corrected chi connectivity index (χ3v) is 6.19. The largest absolute Gasteiger partial charge is 0.371 e. The van der Waals surface area contributed by atoms with Crippen molar-refractivity contribution in [3.05, 3.63) is 47.0 Å². The molecule has 2 heterocycles. The molecule has 1 aliphatic rings. The number of nitrogens with zero attached hydrogens (tertiary/aromatic N) is 3. The summed E-state index contributed by atoms with van der Waals surface area (Å²) in [4.78, 5) is 25.1. The number of piperidine rings is 1. The van der Waals surface area contributed by atoms with Crippen molar-refractivity contribution in [1.29, 1.82) is 0 Å². The lowest BCUT2D eigenvalue weighted by Crippen LogP contribution is -2.44. The molecule has 1 aromatic heterocycles. The lowest BCUT2D eigenvalue weighted by Gasteiger charge is -2.34. The quantitative estimate of drug-likeness (QED) is 0.607. The van der Waals surface area contributed by atoms with Gasteiger partial charge in [-0.15, -0.1) is 0 Å². The van der Waals surface area contributed by atoms with Gasteiger partial charge in [-0.3, -0.25) is 4.79 Å². The SMILES string of the molecule is Cc1ccc2nc(-c3cc(N4CCC[C@H](C(=O)NCCN(C)C)C4)ccc3Cl)[nH]c2c1. The second kappa shape index (κ2) is 9.28. The molecule has 1 aliphatic heterocycles. The average molecular weight is 440 g/mol. The zero-order valence-corrected chi connectivity index (χ0v) is 19.2. The Hall–Kier alpha value is -2.57. The van der Waals surface area contributed by atoms with Crippen molar-refractivity contribution in [2.24, 2.45) is 5.92 Å². The van der Waals surface area contributed by atoms with Gasteiger partial charge in [0.25, 0.3) is 0 Å². The highest BCUT2D eigenvalue weighted by molar-refractivity contribution is 6.33. The fourth-order valence-electron chi connectivity index (χ4n) is 4.12. The van der Waals surface area contributed by atoms with Gasteiger partial charge in [-0.25, -0.2) is 4.98 Å². The number of benzene rings is 2. The van der Waals surface area contributed by atoms with Crippen LogP contribution in [0.2, 0.25) is 5.02 Å². The number of amides is 1. The van der Waals surface area contributed by atoms with E-state index in [1.165, 1.54) is 5.56 Å². The molecule has 0 aliphatic carbocycles. The number of H-pyrrole nitrogens is 1. The predicted octanol–water partition coefficient (Wildman–Crippen LogP) is 4.09. The van der Waals surface area contributed by atoms with Crippen LogP contribution in [0.4, 0.5) is 5.69 Å². The number of carbonyl (C=O) groups is 1. The lowest BCUT2D eigenvalue weighted by molar-refractivity contribution is -0.125. The van der Waals surface area contributed by atoms with Gasteiger partial charge in [0, 0.05) is 37.4 Å². The molecule has 1 saturated heterocycles. The van der Waals surface area contributed by atoms with E-state index in [0.29, 0.717) is 18.1 Å². The molecule has 1 fully saturated rings. The topological polar surface area (TPSA) is 64.3 Å². The number of imidazole rings is 1. The van der Waals surface area contributed by atoms with E-state index in [4.69, 9.17) is 16.6 Å². The Labute approximate surface area is 188 Å². The predicted molar refractivity (Wildman–Crippen MR) is 128 cm³/mol. The van der Waals surface area contributed by atoms with Crippen LogP contribution in [0.1, 0.15) is 18.4 Å². The number of hydrogen-bond acceptors (Lipinski definition) is 4. The molecule has 0 saturated carbocycles. The molecule has 6 nitrogen and oxygen atoms in total. The van der Waals surface area contributed by atoms with Crippen LogP contribution < -0.4 is 10.2 Å². The van der Waals surface area contributed by atoms with E-state index in [2.05, 4.69) is 45.2 Å². The van der Waals surface area contributed by atoms with E-state index in [0.717, 1.165) is 54.0 Å². The molecule has 0 radical (unpaired) electrons. The summed E-state index contributed by atoms with van der Waals surface area (Å²) in [5.41, 5.74) is 5.07. The van der Waals surface area contributed by atoms with Crippen molar-refractivity contribution in [3.63, 3.8) is 0 Å². The Morgan fingerprint density at radius 3 is 2.94 bits per heavy atom. The van der Waals surface area contributed by atoms with Crippen molar-refractivity contribution in [2.75, 3.05) is 45.2 Å². The van der Waals surface area contributed by atoms with Gasteiger partial charge in [-0.2, -0.15) is 0 Å². The van der Waals surface area contributed by atoms with Crippen LogP contribution in [0.15, 0.2) is 36.4 Å². The number of aromatic amines is 1. The second-order valence-corrected chi connectivity index (χ2v) is 9.06. The summed E-state index contributed by atoms with van der Waals surface area (Å²) in [5, 5.41) is 3.74. The minimum atomic E-state index is 0.00390. The summed E-state index contributed by atoms with van der Waals surface area (Å²) in [7, 11) is 4.02. The highest BCUT2D eigenvalue weighted by Crippen LogP contribution is 2.33. The smallest absolute Gasteiger partial charge is 0.224 e. The molecule has 1 amide bonds. The first-order valence-electron chi connectivity index (χ1n) is 10.8. The number of fused-ring (bicyclic) bond motifs is 1. The van der Waals surface area contributed by atoms with Crippen molar-refractivity contribution in [1.82, 2.24) is 20.2 Å². The molecule has 31 heavy (non-hydrogen) atoms. The zero-order chi connectivity index (χ0) is 22.0. The number of carbonyl (C=O) groups excluding carboxylic acids is 1. The lowest BCUT2D eigenvalue weighted by atomic mass is 9.96. The highest BCUT2D eigenvalue weighted by Gasteiger charge is 2.26. The van der Waals surface area contributed by atoms with Crippen LogP contribution >= 0.6 is 11.6 Å². The Balaban J connectivity index is 1.52. The van der Waals surface area contributed by atoms with Crippen molar-refractivity contribution < 1.29 is 4.79 Å². The van der Waals surface area contributed by atoms with Gasteiger partial charge < -0.3 is 20.1 Å². The zero-order valence-electron chi connectivity index (χ0n) is 18.4. The van der Waals surface area contributed by atoms with Gasteiger partial charge in [-0.05, 0) is 69.8 Å². The molecular weight excluding hydrogens is 410 g/mol. The minimum Gasteiger partial charge on any atom is -0.371 e. The number of aromatic nitrogens is 2. The molecule has 7 heteroatoms. The summed E-state index contributed by atoms with van der Waals surface area (Å²) in [5.74, 6) is 0.917. The third-order valence-electron chi connectivity index (χ3n) is 5.86. The number of anilines is 1. The maximum absolute atomic E-state index is 12.6. The molecular formula is C24H30ClN5O. The van der Waals surface area contributed by atoms with Crippen LogP contribution in [0.3, 0.4) is 0 Å². The first-order valence-corrected chi connectivity index (χ1v) is 11.2. The summed E-state index contributed by atoms with van der Waals surface area (Å²) in [6, 6.07) is 12.2. The molecule has 0 spiro atoms. The van der Waals surface area contributed by atoms with E-state index in [1.807, 2.05) is 32.3 Å². The van der Waals surface area contributed by atoms with Gasteiger partial charge >= 0.3 is 0 Å². The maximum atomic E-state index is 12.6. The number of halogens is 1. The van der Waals surface area contributed by atoms with Crippen LogP contribution in [0.25, 0.3) is 22.4 Å². The molecule has 2 N–H and O–H groups in total. The summed E-state index contributed by atoms with van der Waals surface area (Å²) >= 11 is 6.54. The minimum absolute atomic E-state index is 0.00390. The molecule has 0 bridgehead atoms. The molecule has 0 unspecified atom stereocenters. The second-order valence-electron chi connectivity index (χ2n) is 8.65. The Morgan fingerprint density at radius 1 is 1.29 bits per heavy atom. The Bertz CT molecular complexity index is 1080. The Kier molecular flexibility index (Phi) is 6.49. The van der Waals surface area contributed by atoms with Crippen LogP contribution in [-0.4, -0.2) is 61.0 Å². The van der Waals surface area contributed by atoms with E-state index in [9.17, 15) is 4.79 Å². The van der Waals surface area contributed by atoms with E-state index in [1.54, 1.807) is 0 Å². The van der Waals surface area contributed by atoms with E-state index in [-0.39, 0.29) is 11.8 Å². The number of rotatable bonds is 6. The van der Waals surface area contributed by atoms with Gasteiger partial charge in [0.1, 0.15) is 5.82 Å². The van der Waals surface area contributed by atoms with Crippen LogP contribution in [0, 0.1) is 12.8 Å². The standard InChI is InChI=1S/C24H30ClN5O/c1-16-6-9-21-22(13-16)28-23(27-21)19-14-18(7-8-20(19)25)30-11-4-5-17(15-30)24(31)26-10-12-29(2)3/h6-9,13-14,17H,4-5,10-12,15H2,1-3H3,(H,26,31)(H,27,28)/t17-/m0/s1. The van der Waals surface area contributed by atoms with Gasteiger partial charge in [0.05, 0.1) is 22.0 Å². The van der Waals surface area contributed by atoms with Crippen molar-refractivity contribution in [3.8, 4) is 11.4 Å². The Morgan fingerprint density at radius 2 is 2.13 bits per heavy atom. The van der Waals surface area contributed by atoms with Crippen LogP contribution in [0.5, 0.6) is 0 Å². The van der Waals surface area contributed by atoms with Crippen molar-refractivity contribution in [2.45, 2.75) is 19.8 Å². The molecule has 164 valence electrons. The fourth-order valence-corrected chi connectivity index (χ4v) is 4.32. The number of hydrogen-bond donors (Lipinski definition) is 2. The molecule has 2 aromatic carbocycles. The number of aryl methyl sites for hydroxylation is 1. The number of nitrogens with one attached hydrogen (secondary N) is 2. The highest BCUT2D eigenvalue weighted by atomic mass is 35.5. The first-order chi connectivity index (χ1) is 14.9. The molecule has 4 rings (SSSR count). The third kappa shape index (κ3) is 5.02. The van der Waals surface area contributed by atoms with Gasteiger partial charge in [0.2, 0.25) is 5.91 Å². The first kappa shape index (κ1) is 21.7. The van der Waals surface area contributed by atoms with Crippen molar-refractivity contribution >= 4 is 34.2 Å². The van der Waals surface area contributed by atoms with E-state index < -0.39 is 0 Å². The summed E-state index contributed by atoms with van der Waals surface area (Å²) < 4.78 is 0. The summed E-state index contributed by atoms with van der Waals surface area (Å²) in [6.45, 7) is 5.24. The monoisotopic (exact) mass is 439 g/mol.